The monoisotopic (exact) mass is 275 g/mol. The van der Waals surface area contributed by atoms with Crippen LogP contribution in [-0.4, -0.2) is 10.8 Å². The van der Waals surface area contributed by atoms with E-state index in [-0.39, 0.29) is 5.78 Å². The highest BCUT2D eigenvalue weighted by Crippen LogP contribution is 2.26. The second-order valence-electron chi connectivity index (χ2n) is 4.26. The molecule has 0 atom stereocenters. The molecule has 2 aromatic rings. The minimum Gasteiger partial charge on any atom is -0.486 e. The van der Waals surface area contributed by atoms with Crippen LogP contribution in [0.2, 0.25) is 5.02 Å². The standard InChI is InChI=1S/C15H14ClNO2/c1-10-4-3-5-13(17-10)9-19-15-7-6-12(11(2)18)8-14(15)16/h3-8H,9H2,1-2H3. The van der Waals surface area contributed by atoms with Crippen LogP contribution in [0.4, 0.5) is 0 Å². The molecule has 3 nitrogen and oxygen atoms in total. The first-order chi connectivity index (χ1) is 9.06. The molecule has 0 aliphatic carbocycles. The summed E-state index contributed by atoms with van der Waals surface area (Å²) in [5.74, 6) is 0.531. The molecule has 0 unspecified atom stereocenters. The third-order valence-electron chi connectivity index (χ3n) is 2.66. The van der Waals surface area contributed by atoms with Gasteiger partial charge in [-0.3, -0.25) is 9.78 Å². The van der Waals surface area contributed by atoms with E-state index in [0.717, 1.165) is 11.4 Å². The third-order valence-corrected chi connectivity index (χ3v) is 2.96. The summed E-state index contributed by atoms with van der Waals surface area (Å²) in [5, 5.41) is 0.431. The topological polar surface area (TPSA) is 39.2 Å². The summed E-state index contributed by atoms with van der Waals surface area (Å²) in [6, 6.07) is 10.8. The Morgan fingerprint density at radius 1 is 1.32 bits per heavy atom. The lowest BCUT2D eigenvalue weighted by Crippen LogP contribution is -2.00. The number of carbonyl (C=O) groups is 1. The second kappa shape index (κ2) is 5.85. The van der Waals surface area contributed by atoms with Gasteiger partial charge in [-0.05, 0) is 44.2 Å². The van der Waals surface area contributed by atoms with Gasteiger partial charge in [-0.25, -0.2) is 0 Å². The normalized spacial score (nSPS) is 10.3. The van der Waals surface area contributed by atoms with Gasteiger partial charge in [-0.2, -0.15) is 0 Å². The fourth-order valence-corrected chi connectivity index (χ4v) is 1.90. The van der Waals surface area contributed by atoms with Gasteiger partial charge in [-0.15, -0.1) is 0 Å². The molecular formula is C15H14ClNO2. The Morgan fingerprint density at radius 2 is 2.11 bits per heavy atom. The van der Waals surface area contributed by atoms with Crippen LogP contribution in [0.1, 0.15) is 28.7 Å². The SMILES string of the molecule is CC(=O)c1ccc(OCc2cccc(C)n2)c(Cl)c1. The van der Waals surface area contributed by atoms with Crippen molar-refractivity contribution < 1.29 is 9.53 Å². The zero-order chi connectivity index (χ0) is 13.8. The molecule has 1 heterocycles. The lowest BCUT2D eigenvalue weighted by Gasteiger charge is -2.08. The van der Waals surface area contributed by atoms with Crippen LogP contribution in [0, 0.1) is 6.92 Å². The number of aromatic nitrogens is 1. The first-order valence-electron chi connectivity index (χ1n) is 5.92. The van der Waals surface area contributed by atoms with Crippen LogP contribution in [0.5, 0.6) is 5.75 Å². The van der Waals surface area contributed by atoms with Crippen molar-refractivity contribution in [2.45, 2.75) is 20.5 Å². The first kappa shape index (κ1) is 13.6. The van der Waals surface area contributed by atoms with Crippen LogP contribution in [0.25, 0.3) is 0 Å². The van der Waals surface area contributed by atoms with Crippen molar-refractivity contribution in [2.24, 2.45) is 0 Å². The van der Waals surface area contributed by atoms with E-state index in [0.29, 0.717) is 22.9 Å². The molecule has 0 saturated heterocycles. The van der Waals surface area contributed by atoms with Crippen molar-refractivity contribution in [3.8, 4) is 5.75 Å². The van der Waals surface area contributed by atoms with Gasteiger partial charge in [0.2, 0.25) is 0 Å². The number of Topliss-reactive ketones (excluding diaryl/α,β-unsaturated/α-hetero) is 1. The molecule has 0 bridgehead atoms. The summed E-state index contributed by atoms with van der Waals surface area (Å²) in [6.45, 7) is 3.78. The van der Waals surface area contributed by atoms with E-state index in [4.69, 9.17) is 16.3 Å². The Balaban J connectivity index is 2.10. The maximum atomic E-state index is 11.2. The number of carbonyl (C=O) groups excluding carboxylic acids is 1. The predicted molar refractivity (Wildman–Crippen MR) is 74.8 cm³/mol. The quantitative estimate of drug-likeness (QED) is 0.796. The van der Waals surface area contributed by atoms with E-state index in [1.807, 2.05) is 25.1 Å². The molecule has 0 N–H and O–H groups in total. The summed E-state index contributed by atoms with van der Waals surface area (Å²) >= 11 is 6.07. The number of hydrogen-bond acceptors (Lipinski definition) is 3. The van der Waals surface area contributed by atoms with Crippen molar-refractivity contribution in [1.82, 2.24) is 4.98 Å². The maximum absolute atomic E-state index is 11.2. The molecule has 0 amide bonds. The molecule has 0 aliphatic heterocycles. The Bertz CT molecular complexity index is 611. The molecule has 1 aromatic carbocycles. The highest BCUT2D eigenvalue weighted by Gasteiger charge is 2.06. The summed E-state index contributed by atoms with van der Waals surface area (Å²) in [5.41, 5.74) is 2.36. The summed E-state index contributed by atoms with van der Waals surface area (Å²) in [6.07, 6.45) is 0. The average molecular weight is 276 g/mol. The predicted octanol–water partition coefficient (Wildman–Crippen LogP) is 3.83. The number of aryl methyl sites for hydroxylation is 1. The van der Waals surface area contributed by atoms with E-state index in [1.54, 1.807) is 18.2 Å². The van der Waals surface area contributed by atoms with Crippen LogP contribution >= 0.6 is 11.6 Å². The molecule has 0 radical (unpaired) electrons. The fourth-order valence-electron chi connectivity index (χ4n) is 1.67. The Morgan fingerprint density at radius 3 is 2.74 bits per heavy atom. The van der Waals surface area contributed by atoms with Gasteiger partial charge in [0.25, 0.3) is 0 Å². The van der Waals surface area contributed by atoms with Gasteiger partial charge in [0.1, 0.15) is 12.4 Å². The lowest BCUT2D eigenvalue weighted by molar-refractivity contribution is 0.101. The molecular weight excluding hydrogens is 262 g/mol. The van der Waals surface area contributed by atoms with Crippen LogP contribution in [0.15, 0.2) is 36.4 Å². The highest BCUT2D eigenvalue weighted by molar-refractivity contribution is 6.32. The number of halogens is 1. The third kappa shape index (κ3) is 3.55. The maximum Gasteiger partial charge on any atom is 0.159 e. The van der Waals surface area contributed by atoms with Gasteiger partial charge in [-0.1, -0.05) is 17.7 Å². The number of pyridine rings is 1. The van der Waals surface area contributed by atoms with Crippen LogP contribution in [-0.2, 0) is 6.61 Å². The Hall–Kier alpha value is -1.87. The van der Waals surface area contributed by atoms with Gasteiger partial charge in [0.15, 0.2) is 5.78 Å². The molecule has 98 valence electrons. The molecule has 0 spiro atoms. The number of benzene rings is 1. The molecule has 4 heteroatoms. The zero-order valence-electron chi connectivity index (χ0n) is 10.8. The van der Waals surface area contributed by atoms with Crippen molar-refractivity contribution in [2.75, 3.05) is 0 Å². The Labute approximate surface area is 117 Å². The number of rotatable bonds is 4. The van der Waals surface area contributed by atoms with E-state index in [9.17, 15) is 4.79 Å². The van der Waals surface area contributed by atoms with E-state index in [2.05, 4.69) is 4.98 Å². The molecule has 0 saturated carbocycles. The number of ether oxygens (including phenoxy) is 1. The fraction of sp³-hybridized carbons (Fsp3) is 0.200. The molecule has 2 rings (SSSR count). The number of nitrogens with zero attached hydrogens (tertiary/aromatic N) is 1. The highest BCUT2D eigenvalue weighted by atomic mass is 35.5. The minimum absolute atomic E-state index is 0.0196. The Kier molecular flexibility index (Phi) is 4.17. The first-order valence-corrected chi connectivity index (χ1v) is 6.30. The smallest absolute Gasteiger partial charge is 0.159 e. The van der Waals surface area contributed by atoms with Crippen molar-refractivity contribution >= 4 is 17.4 Å². The van der Waals surface area contributed by atoms with Crippen molar-refractivity contribution in [1.29, 1.82) is 0 Å². The van der Waals surface area contributed by atoms with Gasteiger partial charge in [0.05, 0.1) is 10.7 Å². The van der Waals surface area contributed by atoms with E-state index < -0.39 is 0 Å². The summed E-state index contributed by atoms with van der Waals surface area (Å²) in [7, 11) is 0. The lowest BCUT2D eigenvalue weighted by atomic mass is 10.1. The van der Waals surface area contributed by atoms with Crippen molar-refractivity contribution in [3.63, 3.8) is 0 Å². The second-order valence-corrected chi connectivity index (χ2v) is 4.67. The van der Waals surface area contributed by atoms with Gasteiger partial charge < -0.3 is 4.74 Å². The van der Waals surface area contributed by atoms with Crippen LogP contribution < -0.4 is 4.74 Å². The molecule has 19 heavy (non-hydrogen) atoms. The molecule has 0 fully saturated rings. The van der Waals surface area contributed by atoms with Gasteiger partial charge >= 0.3 is 0 Å². The molecule has 0 aliphatic rings. The minimum atomic E-state index is -0.0196. The summed E-state index contributed by atoms with van der Waals surface area (Å²) in [4.78, 5) is 15.6. The molecule has 1 aromatic heterocycles. The summed E-state index contributed by atoms with van der Waals surface area (Å²) < 4.78 is 5.61. The van der Waals surface area contributed by atoms with E-state index in [1.165, 1.54) is 6.92 Å². The average Bonchev–Trinajstić information content (AvgIpc) is 2.37. The van der Waals surface area contributed by atoms with Crippen LogP contribution in [0.3, 0.4) is 0 Å². The van der Waals surface area contributed by atoms with Crippen molar-refractivity contribution in [3.05, 3.63) is 58.4 Å². The number of ketones is 1. The van der Waals surface area contributed by atoms with E-state index >= 15 is 0 Å². The zero-order valence-corrected chi connectivity index (χ0v) is 11.6. The number of hydrogen-bond donors (Lipinski definition) is 0. The largest absolute Gasteiger partial charge is 0.486 e. The van der Waals surface area contributed by atoms with Gasteiger partial charge in [0, 0.05) is 11.3 Å².